The van der Waals surface area contributed by atoms with E-state index in [-0.39, 0.29) is 10.9 Å². The number of anilines is 1. The minimum Gasteiger partial charge on any atom is -0.338 e. The van der Waals surface area contributed by atoms with Gasteiger partial charge < -0.3 is 10.6 Å². The summed E-state index contributed by atoms with van der Waals surface area (Å²) in [7, 11) is -3.69. The number of thiazole rings is 1. The van der Waals surface area contributed by atoms with Crippen LogP contribution in [0.15, 0.2) is 47.4 Å². The highest BCUT2D eigenvalue weighted by atomic mass is 32.2. The lowest BCUT2D eigenvalue weighted by Crippen LogP contribution is -2.30. The Morgan fingerprint density at radius 2 is 1.89 bits per heavy atom. The second kappa shape index (κ2) is 8.26. The number of aromatic nitrogens is 1. The number of fused-ring (bicyclic) bond motifs is 1. The minimum absolute atomic E-state index is 0.0704. The summed E-state index contributed by atoms with van der Waals surface area (Å²) in [6.45, 7) is 4.63. The maximum absolute atomic E-state index is 12.1. The van der Waals surface area contributed by atoms with Crippen LogP contribution in [0.5, 0.6) is 0 Å². The largest absolute Gasteiger partial charge is 0.338 e. The van der Waals surface area contributed by atoms with Crippen molar-refractivity contribution in [2.45, 2.75) is 31.1 Å². The third-order valence-electron chi connectivity index (χ3n) is 4.11. The second-order valence-corrected chi connectivity index (χ2v) is 9.33. The first-order valence-electron chi connectivity index (χ1n) is 8.79. The first-order chi connectivity index (χ1) is 13.2. The van der Waals surface area contributed by atoms with Gasteiger partial charge >= 0.3 is 6.03 Å². The molecular formula is C19H22N4O3S2. The third-order valence-corrected chi connectivity index (χ3v) is 6.36. The molecule has 28 heavy (non-hydrogen) atoms. The van der Waals surface area contributed by atoms with Gasteiger partial charge in [-0.1, -0.05) is 26.0 Å². The van der Waals surface area contributed by atoms with Gasteiger partial charge in [0.05, 0.1) is 20.1 Å². The number of nitrogens with one attached hydrogen (secondary N) is 2. The topological polar surface area (TPSA) is 114 Å². The molecule has 0 saturated heterocycles. The number of carbonyl (C=O) groups excluding carboxylic acids is 1. The van der Waals surface area contributed by atoms with Crippen molar-refractivity contribution in [3.8, 4) is 0 Å². The van der Waals surface area contributed by atoms with Gasteiger partial charge in [0, 0.05) is 18.2 Å². The molecular weight excluding hydrogens is 396 g/mol. The summed E-state index contributed by atoms with van der Waals surface area (Å²) in [5.41, 5.74) is 2.55. The number of rotatable bonds is 6. The van der Waals surface area contributed by atoms with Crippen LogP contribution in [0.25, 0.3) is 10.2 Å². The third kappa shape index (κ3) is 5.06. The summed E-state index contributed by atoms with van der Waals surface area (Å²) in [4.78, 5) is 16.8. The van der Waals surface area contributed by atoms with Gasteiger partial charge in [-0.3, -0.25) is 0 Å². The van der Waals surface area contributed by atoms with Crippen molar-refractivity contribution in [3.05, 3.63) is 53.0 Å². The quantitative estimate of drug-likeness (QED) is 0.569. The number of nitrogens with two attached hydrogens (primary N) is 1. The summed E-state index contributed by atoms with van der Waals surface area (Å²) in [5, 5.41) is 11.8. The van der Waals surface area contributed by atoms with Crippen molar-refractivity contribution in [2.75, 3.05) is 11.9 Å². The van der Waals surface area contributed by atoms with Crippen LogP contribution in [0, 0.1) is 0 Å². The van der Waals surface area contributed by atoms with Gasteiger partial charge in [-0.2, -0.15) is 0 Å². The van der Waals surface area contributed by atoms with Crippen molar-refractivity contribution in [3.63, 3.8) is 0 Å². The second-order valence-electron chi connectivity index (χ2n) is 6.71. The zero-order valence-corrected chi connectivity index (χ0v) is 17.2. The number of hydrogen-bond acceptors (Lipinski definition) is 5. The van der Waals surface area contributed by atoms with Gasteiger partial charge in [-0.15, -0.1) is 11.3 Å². The molecule has 0 fully saturated rings. The Hall–Kier alpha value is -2.49. The Kier molecular flexibility index (Phi) is 5.97. The monoisotopic (exact) mass is 418 g/mol. The summed E-state index contributed by atoms with van der Waals surface area (Å²) in [6.07, 6.45) is 0.573. The zero-order chi connectivity index (χ0) is 20.3. The molecule has 0 atom stereocenters. The number of sulfonamides is 1. The molecule has 0 aliphatic rings. The van der Waals surface area contributed by atoms with E-state index in [1.165, 1.54) is 12.1 Å². The molecule has 0 spiro atoms. The minimum atomic E-state index is -3.69. The van der Waals surface area contributed by atoms with E-state index in [0.29, 0.717) is 24.6 Å². The van der Waals surface area contributed by atoms with Crippen molar-refractivity contribution >= 4 is 43.3 Å². The van der Waals surface area contributed by atoms with E-state index >= 15 is 0 Å². The molecule has 1 heterocycles. The normalized spacial score (nSPS) is 11.7. The van der Waals surface area contributed by atoms with Crippen LogP contribution in [0.1, 0.15) is 30.3 Å². The standard InChI is InChI=1S/C19H22N4O3S2/c1-12(2)18-23-16-8-5-14(11-17(16)27-18)22-19(24)21-10-9-13-3-6-15(7-4-13)28(20,25)26/h3-8,11-12H,9-10H2,1-2H3,(H2,20,25,26)(H2,21,22,24). The summed E-state index contributed by atoms with van der Waals surface area (Å²) >= 11 is 1.63. The number of hydrogen-bond donors (Lipinski definition) is 3. The molecule has 3 rings (SSSR count). The van der Waals surface area contributed by atoms with Crippen LogP contribution in [0.2, 0.25) is 0 Å². The van der Waals surface area contributed by atoms with Crippen molar-refractivity contribution < 1.29 is 13.2 Å². The molecule has 0 saturated carbocycles. The van der Waals surface area contributed by atoms with Gasteiger partial charge in [0.2, 0.25) is 10.0 Å². The van der Waals surface area contributed by atoms with E-state index in [4.69, 9.17) is 5.14 Å². The van der Waals surface area contributed by atoms with E-state index < -0.39 is 10.0 Å². The fourth-order valence-corrected chi connectivity index (χ4v) is 4.13. The van der Waals surface area contributed by atoms with Crippen molar-refractivity contribution in [1.29, 1.82) is 0 Å². The molecule has 4 N–H and O–H groups in total. The molecule has 2 amide bonds. The lowest BCUT2D eigenvalue weighted by molar-refractivity contribution is 0.252. The van der Waals surface area contributed by atoms with Crippen LogP contribution >= 0.6 is 11.3 Å². The lowest BCUT2D eigenvalue weighted by atomic mass is 10.1. The summed E-state index contributed by atoms with van der Waals surface area (Å²) in [5.74, 6) is 0.371. The van der Waals surface area contributed by atoms with Crippen LogP contribution in [0.3, 0.4) is 0 Å². The van der Waals surface area contributed by atoms with Gasteiger partial charge in [-0.05, 0) is 42.3 Å². The van der Waals surface area contributed by atoms with Crippen LogP contribution in [-0.2, 0) is 16.4 Å². The number of urea groups is 1. The van der Waals surface area contributed by atoms with Crippen molar-refractivity contribution in [2.24, 2.45) is 5.14 Å². The number of amides is 2. The molecule has 0 unspecified atom stereocenters. The number of primary sulfonamides is 1. The molecule has 2 aromatic carbocycles. The Morgan fingerprint density at radius 1 is 1.18 bits per heavy atom. The fraction of sp³-hybridized carbons (Fsp3) is 0.263. The fourth-order valence-electron chi connectivity index (χ4n) is 2.61. The first kappa shape index (κ1) is 20.2. The average molecular weight is 419 g/mol. The van der Waals surface area contributed by atoms with Gasteiger partial charge in [0.15, 0.2) is 0 Å². The molecule has 9 heteroatoms. The SMILES string of the molecule is CC(C)c1nc2ccc(NC(=O)NCCc3ccc(S(N)(=O)=O)cc3)cc2s1. The first-order valence-corrected chi connectivity index (χ1v) is 11.2. The van der Waals surface area contributed by atoms with E-state index in [0.717, 1.165) is 20.8 Å². The molecule has 0 bridgehead atoms. The molecule has 0 aliphatic heterocycles. The molecule has 0 aliphatic carbocycles. The van der Waals surface area contributed by atoms with Crippen LogP contribution in [-0.4, -0.2) is 26.0 Å². The molecule has 1 aromatic heterocycles. The smallest absolute Gasteiger partial charge is 0.319 e. The summed E-state index contributed by atoms with van der Waals surface area (Å²) < 4.78 is 23.5. The predicted octanol–water partition coefficient (Wildman–Crippen LogP) is 3.43. The van der Waals surface area contributed by atoms with Gasteiger partial charge in [-0.25, -0.2) is 23.3 Å². The molecule has 3 aromatic rings. The van der Waals surface area contributed by atoms with E-state index in [1.807, 2.05) is 18.2 Å². The molecule has 0 radical (unpaired) electrons. The van der Waals surface area contributed by atoms with Crippen LogP contribution in [0.4, 0.5) is 10.5 Å². The number of benzene rings is 2. The Morgan fingerprint density at radius 3 is 2.54 bits per heavy atom. The van der Waals surface area contributed by atoms with E-state index in [9.17, 15) is 13.2 Å². The van der Waals surface area contributed by atoms with Gasteiger partial charge in [0.1, 0.15) is 0 Å². The van der Waals surface area contributed by atoms with Crippen molar-refractivity contribution in [1.82, 2.24) is 10.3 Å². The highest BCUT2D eigenvalue weighted by Gasteiger charge is 2.09. The number of carbonyl (C=O) groups is 1. The van der Waals surface area contributed by atoms with E-state index in [1.54, 1.807) is 23.5 Å². The highest BCUT2D eigenvalue weighted by Crippen LogP contribution is 2.29. The summed E-state index contributed by atoms with van der Waals surface area (Å²) in [6, 6.07) is 11.6. The Labute approximate surface area is 168 Å². The zero-order valence-electron chi connectivity index (χ0n) is 15.6. The highest BCUT2D eigenvalue weighted by molar-refractivity contribution is 7.89. The molecule has 148 valence electrons. The van der Waals surface area contributed by atoms with E-state index in [2.05, 4.69) is 29.5 Å². The molecule has 7 nitrogen and oxygen atoms in total. The predicted molar refractivity (Wildman–Crippen MR) is 112 cm³/mol. The van der Waals surface area contributed by atoms with Gasteiger partial charge in [0.25, 0.3) is 0 Å². The lowest BCUT2D eigenvalue weighted by Gasteiger charge is -2.08. The maximum Gasteiger partial charge on any atom is 0.319 e. The van der Waals surface area contributed by atoms with Crippen LogP contribution < -0.4 is 15.8 Å². The Bertz CT molecular complexity index is 1090. The number of nitrogens with zero attached hydrogens (tertiary/aromatic N) is 1. The maximum atomic E-state index is 12.1. The Balaban J connectivity index is 1.53. The average Bonchev–Trinajstić information content (AvgIpc) is 3.05.